The first kappa shape index (κ1) is 13.3. The molecule has 0 heterocycles. The van der Waals surface area contributed by atoms with Gasteiger partial charge in [0, 0.05) is 6.54 Å². The normalized spacial score (nSPS) is 15.8. The number of aliphatic hydroxyl groups excluding tert-OH is 1. The van der Waals surface area contributed by atoms with Crippen LogP contribution < -0.4 is 5.32 Å². The second-order valence-electron chi connectivity index (χ2n) is 5.28. The number of benzene rings is 1. The van der Waals surface area contributed by atoms with Crippen molar-refractivity contribution in [3.63, 3.8) is 0 Å². The summed E-state index contributed by atoms with van der Waals surface area (Å²) < 4.78 is 0. The molecule has 0 saturated heterocycles. The lowest BCUT2D eigenvalue weighted by Crippen LogP contribution is -2.26. The third kappa shape index (κ3) is 2.82. The van der Waals surface area contributed by atoms with E-state index in [0.29, 0.717) is 6.54 Å². The molecule has 98 valence electrons. The Morgan fingerprint density at radius 1 is 1.39 bits per heavy atom. The van der Waals surface area contributed by atoms with Crippen LogP contribution in [0.4, 0.5) is 0 Å². The molecule has 0 saturated carbocycles. The molecule has 1 aliphatic carbocycles. The molecule has 1 aromatic carbocycles. The van der Waals surface area contributed by atoms with E-state index in [2.05, 4.69) is 31.0 Å². The van der Waals surface area contributed by atoms with Crippen LogP contribution in [0.5, 0.6) is 0 Å². The van der Waals surface area contributed by atoms with Crippen molar-refractivity contribution in [2.24, 2.45) is 0 Å². The van der Waals surface area contributed by atoms with Crippen LogP contribution in [0.3, 0.4) is 0 Å². The summed E-state index contributed by atoms with van der Waals surface area (Å²) in [6.07, 6.45) is 3.02. The molecule has 0 bridgehead atoms. The molecule has 18 heavy (non-hydrogen) atoms. The minimum Gasteiger partial charge on any atom is -0.392 e. The van der Waals surface area contributed by atoms with Gasteiger partial charge in [-0.05, 0) is 67.5 Å². The summed E-state index contributed by atoms with van der Waals surface area (Å²) in [7, 11) is 0. The molecule has 1 unspecified atom stereocenters. The summed E-state index contributed by atoms with van der Waals surface area (Å²) >= 11 is 0. The van der Waals surface area contributed by atoms with E-state index < -0.39 is 0 Å². The molecule has 1 aromatic rings. The highest BCUT2D eigenvalue weighted by Gasteiger charge is 2.17. The van der Waals surface area contributed by atoms with Crippen molar-refractivity contribution in [1.29, 1.82) is 0 Å². The predicted octanol–water partition coefficient (Wildman–Crippen LogP) is 2.47. The molecule has 1 atom stereocenters. The van der Waals surface area contributed by atoms with E-state index in [-0.39, 0.29) is 6.10 Å². The lowest BCUT2D eigenvalue weighted by Gasteiger charge is -2.12. The van der Waals surface area contributed by atoms with Gasteiger partial charge in [0.05, 0.1) is 6.10 Å². The van der Waals surface area contributed by atoms with Crippen LogP contribution in [0.1, 0.15) is 35.6 Å². The second kappa shape index (κ2) is 5.68. The van der Waals surface area contributed by atoms with Gasteiger partial charge >= 0.3 is 0 Å². The Morgan fingerprint density at radius 2 is 2.17 bits per heavy atom. The number of fused-ring (bicyclic) bond motifs is 1. The van der Waals surface area contributed by atoms with E-state index in [1.54, 1.807) is 6.92 Å². The fourth-order valence-electron chi connectivity index (χ4n) is 2.67. The van der Waals surface area contributed by atoms with Gasteiger partial charge < -0.3 is 10.4 Å². The zero-order valence-corrected chi connectivity index (χ0v) is 11.4. The maximum absolute atomic E-state index is 9.19. The molecule has 0 fully saturated rings. The first-order chi connectivity index (χ1) is 8.59. The quantitative estimate of drug-likeness (QED) is 0.781. The summed E-state index contributed by atoms with van der Waals surface area (Å²) in [5, 5.41) is 12.5. The Hall–Kier alpha value is -1.12. The van der Waals surface area contributed by atoms with Crippen LogP contribution in [0.2, 0.25) is 0 Å². The van der Waals surface area contributed by atoms with Crippen molar-refractivity contribution in [3.8, 4) is 0 Å². The van der Waals surface area contributed by atoms with E-state index in [1.807, 2.05) is 0 Å². The molecule has 0 spiro atoms. The molecule has 0 amide bonds. The van der Waals surface area contributed by atoms with Crippen molar-refractivity contribution in [1.82, 2.24) is 5.32 Å². The summed E-state index contributed by atoms with van der Waals surface area (Å²) in [4.78, 5) is 0. The minimum atomic E-state index is -0.269. The molecule has 2 rings (SSSR count). The van der Waals surface area contributed by atoms with E-state index >= 15 is 0 Å². The summed E-state index contributed by atoms with van der Waals surface area (Å²) in [6.45, 7) is 9.74. The Labute approximate surface area is 110 Å². The molecule has 2 heteroatoms. The molecule has 1 aliphatic rings. The Bertz CT molecular complexity index is 449. The summed E-state index contributed by atoms with van der Waals surface area (Å²) in [5.74, 6) is 0. The maximum atomic E-state index is 9.19. The van der Waals surface area contributed by atoms with Gasteiger partial charge in [-0.3, -0.25) is 0 Å². The van der Waals surface area contributed by atoms with Crippen molar-refractivity contribution >= 4 is 5.57 Å². The molecular formula is C16H23NO. The van der Waals surface area contributed by atoms with Crippen LogP contribution in [-0.2, 0) is 12.8 Å². The van der Waals surface area contributed by atoms with Crippen molar-refractivity contribution < 1.29 is 5.11 Å². The smallest absolute Gasteiger partial charge is 0.0636 e. The number of hydrogen-bond donors (Lipinski definition) is 2. The summed E-state index contributed by atoms with van der Waals surface area (Å²) in [6, 6.07) is 4.45. The van der Waals surface area contributed by atoms with Crippen LogP contribution in [-0.4, -0.2) is 24.3 Å². The van der Waals surface area contributed by atoms with Crippen molar-refractivity contribution in [2.45, 2.75) is 39.2 Å². The lowest BCUT2D eigenvalue weighted by atomic mass is 9.96. The SMILES string of the molecule is C=C1CCc2c1ccc(CCNCC(C)O)c2C. The zero-order chi connectivity index (χ0) is 13.1. The average Bonchev–Trinajstić information content (AvgIpc) is 2.70. The number of hydrogen-bond acceptors (Lipinski definition) is 2. The van der Waals surface area contributed by atoms with E-state index in [0.717, 1.165) is 25.8 Å². The number of aliphatic hydroxyl groups is 1. The third-order valence-corrected chi connectivity index (χ3v) is 3.78. The van der Waals surface area contributed by atoms with Gasteiger partial charge in [0.2, 0.25) is 0 Å². The highest BCUT2D eigenvalue weighted by atomic mass is 16.3. The summed E-state index contributed by atoms with van der Waals surface area (Å²) in [5.41, 5.74) is 7.00. The molecule has 0 aromatic heterocycles. The Morgan fingerprint density at radius 3 is 2.89 bits per heavy atom. The molecular weight excluding hydrogens is 222 g/mol. The Balaban J connectivity index is 2.00. The van der Waals surface area contributed by atoms with E-state index in [4.69, 9.17) is 0 Å². The standard InChI is InChI=1S/C16H23NO/c1-11-4-6-16-13(3)14(5-7-15(11)16)8-9-17-10-12(2)18/h5,7,12,17-18H,1,4,6,8-10H2,2-3H3. The fourth-order valence-corrected chi connectivity index (χ4v) is 2.67. The van der Waals surface area contributed by atoms with Gasteiger partial charge in [0.1, 0.15) is 0 Å². The van der Waals surface area contributed by atoms with Crippen molar-refractivity contribution in [3.05, 3.63) is 41.0 Å². The van der Waals surface area contributed by atoms with Crippen molar-refractivity contribution in [2.75, 3.05) is 13.1 Å². The number of rotatable bonds is 5. The second-order valence-corrected chi connectivity index (χ2v) is 5.28. The average molecular weight is 245 g/mol. The Kier molecular flexibility index (Phi) is 4.20. The van der Waals surface area contributed by atoms with Gasteiger partial charge in [-0.1, -0.05) is 18.7 Å². The first-order valence-electron chi connectivity index (χ1n) is 6.78. The van der Waals surface area contributed by atoms with E-state index in [1.165, 1.54) is 27.8 Å². The largest absolute Gasteiger partial charge is 0.392 e. The fraction of sp³-hybridized carbons (Fsp3) is 0.500. The third-order valence-electron chi connectivity index (χ3n) is 3.78. The number of nitrogens with one attached hydrogen (secondary N) is 1. The van der Waals surface area contributed by atoms with Gasteiger partial charge in [0.25, 0.3) is 0 Å². The highest BCUT2D eigenvalue weighted by Crippen LogP contribution is 2.34. The minimum absolute atomic E-state index is 0.269. The van der Waals surface area contributed by atoms with Crippen LogP contribution in [0.25, 0.3) is 5.57 Å². The van der Waals surface area contributed by atoms with Gasteiger partial charge in [-0.25, -0.2) is 0 Å². The molecule has 0 aliphatic heterocycles. The van der Waals surface area contributed by atoms with E-state index in [9.17, 15) is 5.11 Å². The lowest BCUT2D eigenvalue weighted by molar-refractivity contribution is 0.191. The van der Waals surface area contributed by atoms with Crippen LogP contribution in [0, 0.1) is 6.92 Å². The van der Waals surface area contributed by atoms with Crippen LogP contribution in [0.15, 0.2) is 18.7 Å². The number of allylic oxidation sites excluding steroid dienone is 1. The predicted molar refractivity (Wildman–Crippen MR) is 76.8 cm³/mol. The van der Waals surface area contributed by atoms with Crippen LogP contribution >= 0.6 is 0 Å². The maximum Gasteiger partial charge on any atom is 0.0636 e. The zero-order valence-electron chi connectivity index (χ0n) is 11.4. The monoisotopic (exact) mass is 245 g/mol. The molecule has 2 nitrogen and oxygen atoms in total. The van der Waals surface area contributed by atoms with Gasteiger partial charge in [-0.2, -0.15) is 0 Å². The highest BCUT2D eigenvalue weighted by molar-refractivity contribution is 5.72. The molecule has 0 radical (unpaired) electrons. The first-order valence-corrected chi connectivity index (χ1v) is 6.78. The topological polar surface area (TPSA) is 32.3 Å². The van der Waals surface area contributed by atoms with Gasteiger partial charge in [0.15, 0.2) is 0 Å². The van der Waals surface area contributed by atoms with Gasteiger partial charge in [-0.15, -0.1) is 0 Å². The molecule has 2 N–H and O–H groups in total.